The van der Waals surface area contributed by atoms with E-state index in [1.165, 1.54) is 16.4 Å². The maximum atomic E-state index is 13.1. The standard InChI is InChI=1S/C20H27FN4O5S/c21-17-2-4-18(5-3-17)24-8-10-25(11-9-24)31(28,29)16-20(22,19(26)27)6-1-7-23-12-14-30-15-13-23/h2-5H,7-16,22H2,(H,26,27). The summed E-state index contributed by atoms with van der Waals surface area (Å²) in [6.45, 7) is 3.96. The molecule has 2 fully saturated rings. The van der Waals surface area contributed by atoms with Crippen molar-refractivity contribution in [3.63, 3.8) is 0 Å². The van der Waals surface area contributed by atoms with Crippen LogP contribution in [0.2, 0.25) is 0 Å². The minimum absolute atomic E-state index is 0.177. The lowest BCUT2D eigenvalue weighted by molar-refractivity contribution is -0.140. The van der Waals surface area contributed by atoms with E-state index >= 15 is 0 Å². The molecule has 1 aromatic rings. The summed E-state index contributed by atoms with van der Waals surface area (Å²) in [7, 11) is -3.95. The van der Waals surface area contributed by atoms with Gasteiger partial charge in [-0.3, -0.25) is 4.90 Å². The first kappa shape index (κ1) is 23.4. The summed E-state index contributed by atoms with van der Waals surface area (Å²) >= 11 is 0. The average Bonchev–Trinajstić information content (AvgIpc) is 2.75. The van der Waals surface area contributed by atoms with Crippen molar-refractivity contribution in [3.05, 3.63) is 30.1 Å². The Morgan fingerprint density at radius 3 is 2.32 bits per heavy atom. The summed E-state index contributed by atoms with van der Waals surface area (Å²) in [5.74, 6) is 2.58. The zero-order chi connectivity index (χ0) is 22.5. The Morgan fingerprint density at radius 1 is 1.13 bits per heavy atom. The number of halogens is 1. The van der Waals surface area contributed by atoms with Gasteiger partial charge in [0.25, 0.3) is 0 Å². The Hall–Kier alpha value is -2.23. The Labute approximate surface area is 181 Å². The molecule has 0 radical (unpaired) electrons. The van der Waals surface area contributed by atoms with E-state index in [1.807, 2.05) is 9.80 Å². The molecule has 0 bridgehead atoms. The van der Waals surface area contributed by atoms with Gasteiger partial charge in [-0.25, -0.2) is 17.6 Å². The van der Waals surface area contributed by atoms with Crippen LogP contribution in [0.1, 0.15) is 0 Å². The van der Waals surface area contributed by atoms with Gasteiger partial charge in [0.1, 0.15) is 11.6 Å². The second-order valence-electron chi connectivity index (χ2n) is 7.59. The molecular formula is C20H27FN4O5S. The number of benzene rings is 1. The molecule has 2 saturated heterocycles. The lowest BCUT2D eigenvalue weighted by Crippen LogP contribution is -2.57. The maximum Gasteiger partial charge on any atom is 0.337 e. The SMILES string of the molecule is NC(C#CCN1CCOCC1)(CS(=O)(=O)N1CCN(c2ccc(F)cc2)CC1)C(=O)O. The van der Waals surface area contributed by atoms with Gasteiger partial charge in [-0.05, 0) is 24.3 Å². The molecule has 0 aliphatic carbocycles. The molecule has 1 unspecified atom stereocenters. The molecule has 3 rings (SSSR count). The zero-order valence-electron chi connectivity index (χ0n) is 17.2. The molecule has 1 atom stereocenters. The molecular weight excluding hydrogens is 427 g/mol. The molecule has 0 aromatic heterocycles. The molecule has 31 heavy (non-hydrogen) atoms. The van der Waals surface area contributed by atoms with Gasteiger partial charge in [0.2, 0.25) is 10.0 Å². The number of carbonyl (C=O) groups is 1. The van der Waals surface area contributed by atoms with Crippen molar-refractivity contribution in [2.24, 2.45) is 5.73 Å². The minimum atomic E-state index is -3.95. The van der Waals surface area contributed by atoms with Gasteiger partial charge in [-0.1, -0.05) is 11.8 Å². The van der Waals surface area contributed by atoms with E-state index in [4.69, 9.17) is 10.5 Å². The molecule has 2 aliphatic rings. The molecule has 170 valence electrons. The van der Waals surface area contributed by atoms with Crippen LogP contribution in [0.25, 0.3) is 0 Å². The first-order valence-corrected chi connectivity index (χ1v) is 11.6. The summed E-state index contributed by atoms with van der Waals surface area (Å²) in [6, 6.07) is 5.98. The van der Waals surface area contributed by atoms with Crippen molar-refractivity contribution in [2.45, 2.75) is 5.54 Å². The number of piperazine rings is 1. The van der Waals surface area contributed by atoms with Gasteiger partial charge in [-0.15, -0.1) is 0 Å². The van der Waals surface area contributed by atoms with E-state index < -0.39 is 27.3 Å². The van der Waals surface area contributed by atoms with Crippen molar-refractivity contribution >= 4 is 21.7 Å². The largest absolute Gasteiger partial charge is 0.479 e. The first-order valence-electron chi connectivity index (χ1n) is 10.0. The van der Waals surface area contributed by atoms with Crippen molar-refractivity contribution < 1.29 is 27.4 Å². The number of nitrogens with two attached hydrogens (primary N) is 1. The van der Waals surface area contributed by atoms with Crippen LogP contribution >= 0.6 is 0 Å². The highest BCUT2D eigenvalue weighted by Crippen LogP contribution is 2.19. The van der Waals surface area contributed by atoms with Crippen LogP contribution in [0, 0.1) is 17.7 Å². The van der Waals surface area contributed by atoms with Gasteiger partial charge in [0.05, 0.1) is 19.8 Å². The molecule has 2 aliphatic heterocycles. The summed E-state index contributed by atoms with van der Waals surface area (Å²) < 4.78 is 45.3. The highest BCUT2D eigenvalue weighted by molar-refractivity contribution is 7.89. The number of aliphatic carboxylic acids is 1. The van der Waals surface area contributed by atoms with Crippen LogP contribution in [-0.2, 0) is 19.6 Å². The third-order valence-electron chi connectivity index (χ3n) is 5.33. The van der Waals surface area contributed by atoms with Crippen molar-refractivity contribution in [2.75, 3.05) is 69.7 Å². The van der Waals surface area contributed by atoms with E-state index in [9.17, 15) is 22.7 Å². The zero-order valence-corrected chi connectivity index (χ0v) is 18.0. The van der Waals surface area contributed by atoms with Gasteiger partial charge in [0, 0.05) is 45.0 Å². The third kappa shape index (κ3) is 6.15. The number of carboxylic acids is 1. The van der Waals surface area contributed by atoms with E-state index in [0.717, 1.165) is 5.69 Å². The summed E-state index contributed by atoms with van der Waals surface area (Å²) in [4.78, 5) is 15.7. The number of hydrogen-bond acceptors (Lipinski definition) is 7. The van der Waals surface area contributed by atoms with Crippen LogP contribution < -0.4 is 10.6 Å². The monoisotopic (exact) mass is 454 g/mol. The summed E-state index contributed by atoms with van der Waals surface area (Å²) in [6.07, 6.45) is 0. The second-order valence-corrected chi connectivity index (χ2v) is 9.55. The topological polar surface area (TPSA) is 116 Å². The number of sulfonamides is 1. The Bertz CT molecular complexity index is 933. The van der Waals surface area contributed by atoms with Crippen LogP contribution in [0.15, 0.2) is 24.3 Å². The number of morpholine rings is 1. The van der Waals surface area contributed by atoms with Gasteiger partial charge >= 0.3 is 5.97 Å². The fourth-order valence-corrected chi connectivity index (χ4v) is 5.15. The molecule has 0 amide bonds. The van der Waals surface area contributed by atoms with E-state index in [0.29, 0.717) is 45.9 Å². The van der Waals surface area contributed by atoms with Crippen LogP contribution in [-0.4, -0.2) is 99.0 Å². The molecule has 0 spiro atoms. The van der Waals surface area contributed by atoms with E-state index in [1.54, 1.807) is 12.1 Å². The quantitative estimate of drug-likeness (QED) is 0.547. The van der Waals surface area contributed by atoms with Crippen LogP contribution in [0.4, 0.5) is 10.1 Å². The number of ether oxygens (including phenoxy) is 1. The van der Waals surface area contributed by atoms with E-state index in [2.05, 4.69) is 11.8 Å². The predicted molar refractivity (Wildman–Crippen MR) is 114 cm³/mol. The highest BCUT2D eigenvalue weighted by Gasteiger charge is 2.40. The lowest BCUT2D eigenvalue weighted by atomic mass is 10.1. The summed E-state index contributed by atoms with van der Waals surface area (Å²) in [5.41, 5.74) is 4.52. The Kier molecular flexibility index (Phi) is 7.51. The first-order chi connectivity index (χ1) is 14.7. The summed E-state index contributed by atoms with van der Waals surface area (Å²) in [5, 5.41) is 9.56. The molecule has 11 heteroatoms. The third-order valence-corrected chi connectivity index (χ3v) is 7.31. The fourth-order valence-electron chi connectivity index (χ4n) is 3.47. The number of carboxylic acid groups (broad SMARTS) is 1. The molecule has 3 N–H and O–H groups in total. The smallest absolute Gasteiger partial charge is 0.337 e. The van der Waals surface area contributed by atoms with E-state index in [-0.39, 0.29) is 18.9 Å². The molecule has 0 saturated carbocycles. The van der Waals surface area contributed by atoms with Gasteiger partial charge in [0.15, 0.2) is 5.54 Å². The second kappa shape index (κ2) is 9.93. The number of rotatable bonds is 6. The average molecular weight is 455 g/mol. The Balaban J connectivity index is 1.62. The van der Waals surface area contributed by atoms with Crippen LogP contribution in [0.3, 0.4) is 0 Å². The minimum Gasteiger partial charge on any atom is -0.479 e. The normalized spacial score (nSPS) is 20.5. The van der Waals surface area contributed by atoms with Crippen molar-refractivity contribution in [1.29, 1.82) is 0 Å². The molecule has 2 heterocycles. The van der Waals surface area contributed by atoms with Crippen molar-refractivity contribution in [3.8, 4) is 11.8 Å². The maximum absolute atomic E-state index is 13.1. The number of hydrogen-bond donors (Lipinski definition) is 2. The molecule has 9 nitrogen and oxygen atoms in total. The fraction of sp³-hybridized carbons (Fsp3) is 0.550. The molecule has 1 aromatic carbocycles. The Morgan fingerprint density at radius 2 is 1.74 bits per heavy atom. The van der Waals surface area contributed by atoms with Gasteiger partial charge in [-0.2, -0.15) is 4.31 Å². The van der Waals surface area contributed by atoms with Crippen LogP contribution in [0.5, 0.6) is 0 Å². The lowest BCUT2D eigenvalue weighted by Gasteiger charge is -2.36. The highest BCUT2D eigenvalue weighted by atomic mass is 32.2. The predicted octanol–water partition coefficient (Wildman–Crippen LogP) is -0.605. The number of anilines is 1. The van der Waals surface area contributed by atoms with Gasteiger partial charge < -0.3 is 20.5 Å². The van der Waals surface area contributed by atoms with Crippen molar-refractivity contribution in [1.82, 2.24) is 9.21 Å². The number of nitrogens with zero attached hydrogens (tertiary/aromatic N) is 3.